The Morgan fingerprint density at radius 2 is 2.37 bits per heavy atom. The first-order valence-electron chi connectivity index (χ1n) is 6.22. The predicted molar refractivity (Wildman–Crippen MR) is 71.7 cm³/mol. The average Bonchev–Trinajstić information content (AvgIpc) is 2.88. The molecule has 3 rings (SSSR count). The van der Waals surface area contributed by atoms with Crippen molar-refractivity contribution in [2.24, 2.45) is 0 Å². The summed E-state index contributed by atoms with van der Waals surface area (Å²) in [4.78, 5) is 17.1. The molecule has 0 radical (unpaired) electrons. The number of thiophene rings is 1. The Balaban J connectivity index is 1.80. The van der Waals surface area contributed by atoms with Crippen LogP contribution in [0.4, 0.5) is 4.39 Å². The van der Waals surface area contributed by atoms with Crippen molar-refractivity contribution in [2.75, 3.05) is 0 Å². The number of fused-ring (bicyclic) bond motifs is 1. The monoisotopic (exact) mass is 276 g/mol. The van der Waals surface area contributed by atoms with Gasteiger partial charge in [0.2, 0.25) is 0 Å². The quantitative estimate of drug-likeness (QED) is 0.915. The summed E-state index contributed by atoms with van der Waals surface area (Å²) < 4.78 is 13.5. The van der Waals surface area contributed by atoms with Crippen LogP contribution in [0.1, 0.15) is 39.7 Å². The van der Waals surface area contributed by atoms with Gasteiger partial charge in [0.15, 0.2) is 5.82 Å². The maximum absolute atomic E-state index is 13.5. The highest BCUT2D eigenvalue weighted by atomic mass is 32.1. The molecule has 0 spiro atoms. The van der Waals surface area contributed by atoms with Crippen LogP contribution in [-0.4, -0.2) is 10.9 Å². The summed E-state index contributed by atoms with van der Waals surface area (Å²) in [5.74, 6) is -0.953. The molecule has 0 saturated heterocycles. The number of carbonyl (C=O) groups is 1. The van der Waals surface area contributed by atoms with Gasteiger partial charge in [-0.3, -0.25) is 9.78 Å². The molecule has 1 unspecified atom stereocenters. The summed E-state index contributed by atoms with van der Waals surface area (Å²) in [7, 11) is 0. The number of pyridine rings is 1. The van der Waals surface area contributed by atoms with Crippen LogP contribution in [0.3, 0.4) is 0 Å². The molecule has 3 nitrogen and oxygen atoms in total. The molecule has 5 heteroatoms. The van der Waals surface area contributed by atoms with Crippen molar-refractivity contribution in [3.05, 3.63) is 51.7 Å². The zero-order valence-electron chi connectivity index (χ0n) is 10.2. The third-order valence-corrected chi connectivity index (χ3v) is 4.37. The lowest BCUT2D eigenvalue weighted by Crippen LogP contribution is -2.31. The molecule has 1 N–H and O–H groups in total. The highest BCUT2D eigenvalue weighted by Crippen LogP contribution is 2.33. The molecule has 2 heterocycles. The maximum atomic E-state index is 13.5. The maximum Gasteiger partial charge on any atom is 0.254 e. The van der Waals surface area contributed by atoms with E-state index in [2.05, 4.69) is 10.3 Å². The van der Waals surface area contributed by atoms with E-state index in [1.807, 2.05) is 11.4 Å². The number of amides is 1. The third-order valence-electron chi connectivity index (χ3n) is 3.37. The Morgan fingerprint density at radius 1 is 1.47 bits per heavy atom. The van der Waals surface area contributed by atoms with Crippen molar-refractivity contribution >= 4 is 17.2 Å². The van der Waals surface area contributed by atoms with Gasteiger partial charge in [0.1, 0.15) is 0 Å². The number of hydrogen-bond donors (Lipinski definition) is 1. The Hall–Kier alpha value is -1.75. The highest BCUT2D eigenvalue weighted by Gasteiger charge is 2.23. The summed E-state index contributed by atoms with van der Waals surface area (Å²) >= 11 is 1.72. The second-order valence-corrected chi connectivity index (χ2v) is 5.57. The molecule has 0 aromatic carbocycles. The van der Waals surface area contributed by atoms with Gasteiger partial charge >= 0.3 is 0 Å². The van der Waals surface area contributed by atoms with E-state index in [1.54, 1.807) is 11.3 Å². The van der Waals surface area contributed by atoms with Crippen LogP contribution in [0.2, 0.25) is 0 Å². The average molecular weight is 276 g/mol. The van der Waals surface area contributed by atoms with Gasteiger partial charge in [-0.25, -0.2) is 4.39 Å². The number of aromatic nitrogens is 1. The predicted octanol–water partition coefficient (Wildman–Crippen LogP) is 3.09. The standard InChI is InChI=1S/C14H13FN2OS/c15-11-8-16-6-4-9(11)14(18)17-12-2-1-3-13-10(12)5-7-19-13/h4-8,12H,1-3H2,(H,17,18). The number of rotatable bonds is 2. The molecule has 0 saturated carbocycles. The van der Waals surface area contributed by atoms with Crippen LogP contribution in [-0.2, 0) is 6.42 Å². The second kappa shape index (κ2) is 5.09. The van der Waals surface area contributed by atoms with Crippen molar-refractivity contribution in [1.82, 2.24) is 10.3 Å². The number of carbonyl (C=O) groups excluding carboxylic acids is 1. The van der Waals surface area contributed by atoms with Crippen LogP contribution >= 0.6 is 11.3 Å². The van der Waals surface area contributed by atoms with E-state index in [9.17, 15) is 9.18 Å². The van der Waals surface area contributed by atoms with Crippen molar-refractivity contribution in [1.29, 1.82) is 0 Å². The highest BCUT2D eigenvalue weighted by molar-refractivity contribution is 7.10. The van der Waals surface area contributed by atoms with Crippen LogP contribution in [0.5, 0.6) is 0 Å². The van der Waals surface area contributed by atoms with Crippen LogP contribution in [0.15, 0.2) is 29.9 Å². The van der Waals surface area contributed by atoms with Crippen LogP contribution in [0, 0.1) is 5.82 Å². The van der Waals surface area contributed by atoms with E-state index in [0.29, 0.717) is 0 Å². The molecule has 2 aromatic heterocycles. The largest absolute Gasteiger partial charge is 0.345 e. The molecule has 19 heavy (non-hydrogen) atoms. The molecule has 1 aliphatic carbocycles. The molecular weight excluding hydrogens is 263 g/mol. The molecule has 1 aliphatic rings. The molecular formula is C14H13FN2OS. The number of aryl methyl sites for hydroxylation is 1. The van der Waals surface area contributed by atoms with Gasteiger partial charge in [-0.15, -0.1) is 11.3 Å². The number of halogens is 1. The molecule has 98 valence electrons. The number of hydrogen-bond acceptors (Lipinski definition) is 3. The Morgan fingerprint density at radius 3 is 3.21 bits per heavy atom. The fraction of sp³-hybridized carbons (Fsp3) is 0.286. The molecule has 1 atom stereocenters. The van der Waals surface area contributed by atoms with E-state index < -0.39 is 5.82 Å². The summed E-state index contributed by atoms with van der Waals surface area (Å²) in [6.45, 7) is 0. The molecule has 0 aliphatic heterocycles. The fourth-order valence-electron chi connectivity index (χ4n) is 2.43. The van der Waals surface area contributed by atoms with E-state index in [0.717, 1.165) is 25.5 Å². The van der Waals surface area contributed by atoms with Crippen molar-refractivity contribution in [3.8, 4) is 0 Å². The minimum Gasteiger partial charge on any atom is -0.345 e. The van der Waals surface area contributed by atoms with E-state index >= 15 is 0 Å². The normalized spacial score (nSPS) is 17.8. The molecule has 1 amide bonds. The van der Waals surface area contributed by atoms with E-state index in [-0.39, 0.29) is 17.5 Å². The van der Waals surface area contributed by atoms with Crippen molar-refractivity contribution in [2.45, 2.75) is 25.3 Å². The zero-order valence-corrected chi connectivity index (χ0v) is 11.0. The summed E-state index contributed by atoms with van der Waals surface area (Å²) in [5, 5.41) is 4.96. The van der Waals surface area contributed by atoms with Gasteiger partial charge in [-0.2, -0.15) is 0 Å². The lowest BCUT2D eigenvalue weighted by atomic mass is 9.94. The Bertz CT molecular complexity index is 611. The van der Waals surface area contributed by atoms with Crippen LogP contribution in [0.25, 0.3) is 0 Å². The topological polar surface area (TPSA) is 42.0 Å². The van der Waals surface area contributed by atoms with E-state index in [1.165, 1.54) is 22.7 Å². The lowest BCUT2D eigenvalue weighted by Gasteiger charge is -2.23. The lowest BCUT2D eigenvalue weighted by molar-refractivity contribution is 0.0928. The van der Waals surface area contributed by atoms with Gasteiger partial charge in [-0.1, -0.05) is 0 Å². The molecule has 0 fully saturated rings. The smallest absolute Gasteiger partial charge is 0.254 e. The Kier molecular flexibility index (Phi) is 3.29. The SMILES string of the molecule is O=C(NC1CCCc2sccc21)c1ccncc1F. The minimum absolute atomic E-state index is 0.00457. The first-order valence-corrected chi connectivity index (χ1v) is 7.10. The van der Waals surface area contributed by atoms with Gasteiger partial charge in [0.25, 0.3) is 5.91 Å². The summed E-state index contributed by atoms with van der Waals surface area (Å²) in [6.07, 6.45) is 5.52. The second-order valence-electron chi connectivity index (χ2n) is 4.57. The van der Waals surface area contributed by atoms with E-state index in [4.69, 9.17) is 0 Å². The molecule has 2 aromatic rings. The van der Waals surface area contributed by atoms with Crippen molar-refractivity contribution in [3.63, 3.8) is 0 Å². The van der Waals surface area contributed by atoms with Gasteiger partial charge < -0.3 is 5.32 Å². The number of nitrogens with one attached hydrogen (secondary N) is 1. The van der Waals surface area contributed by atoms with Gasteiger partial charge in [-0.05, 0) is 42.3 Å². The number of nitrogens with zero attached hydrogens (tertiary/aromatic N) is 1. The van der Waals surface area contributed by atoms with Gasteiger partial charge in [0.05, 0.1) is 17.8 Å². The fourth-order valence-corrected chi connectivity index (χ4v) is 3.42. The first kappa shape index (κ1) is 12.3. The van der Waals surface area contributed by atoms with Crippen LogP contribution < -0.4 is 5.32 Å². The minimum atomic E-state index is -0.582. The summed E-state index contributed by atoms with van der Waals surface area (Å²) in [6, 6.07) is 3.45. The van der Waals surface area contributed by atoms with Crippen molar-refractivity contribution < 1.29 is 9.18 Å². The Labute approximate surface area is 114 Å². The summed E-state index contributed by atoms with van der Waals surface area (Å²) in [5.41, 5.74) is 1.23. The zero-order chi connectivity index (χ0) is 13.2. The van der Waals surface area contributed by atoms with Gasteiger partial charge in [0, 0.05) is 11.1 Å². The molecule has 0 bridgehead atoms. The third kappa shape index (κ3) is 2.38. The first-order chi connectivity index (χ1) is 9.25.